The zero-order valence-corrected chi connectivity index (χ0v) is 18.9. The fourth-order valence-electron chi connectivity index (χ4n) is 5.26. The Kier molecular flexibility index (Phi) is 5.90. The Bertz CT molecular complexity index is 1200. The smallest absolute Gasteiger partial charge is 0.477 e. The summed E-state index contributed by atoms with van der Waals surface area (Å²) in [6.45, 7) is 0. The van der Waals surface area contributed by atoms with Crippen LogP contribution >= 0.6 is 0 Å². The molecule has 0 spiro atoms. The van der Waals surface area contributed by atoms with Gasteiger partial charge < -0.3 is 15.2 Å². The fraction of sp³-hybridized carbons (Fsp3) is 0.400. The van der Waals surface area contributed by atoms with E-state index in [0.717, 1.165) is 49.6 Å². The van der Waals surface area contributed by atoms with Crippen molar-refractivity contribution in [1.82, 2.24) is 14.8 Å². The first-order valence-corrected chi connectivity index (χ1v) is 11.6. The van der Waals surface area contributed by atoms with E-state index in [-0.39, 0.29) is 17.7 Å². The van der Waals surface area contributed by atoms with Crippen LogP contribution in [0.4, 0.5) is 13.2 Å². The molecule has 2 aliphatic rings. The maximum Gasteiger partial charge on any atom is 0.573 e. The minimum Gasteiger partial charge on any atom is -0.477 e. The minimum absolute atomic E-state index is 0.0162. The summed E-state index contributed by atoms with van der Waals surface area (Å²) < 4.78 is 49.1. The number of nitrogens with two attached hydrogens (primary N) is 1. The number of fused-ring (bicyclic) bond motifs is 1. The highest BCUT2D eigenvalue weighted by atomic mass is 19.4. The van der Waals surface area contributed by atoms with Gasteiger partial charge in [0.25, 0.3) is 5.91 Å². The van der Waals surface area contributed by atoms with Gasteiger partial charge in [0.05, 0.1) is 24.1 Å². The number of aromatic nitrogens is 3. The summed E-state index contributed by atoms with van der Waals surface area (Å²) >= 11 is 0. The highest BCUT2D eigenvalue weighted by Gasteiger charge is 2.49. The number of ether oxygens (including phenoxy) is 2. The van der Waals surface area contributed by atoms with Crippen molar-refractivity contribution in [2.24, 2.45) is 11.7 Å². The molecule has 5 rings (SSSR count). The van der Waals surface area contributed by atoms with E-state index in [1.165, 1.54) is 12.1 Å². The molecule has 0 bridgehead atoms. The van der Waals surface area contributed by atoms with Crippen LogP contribution in [0.25, 0.3) is 11.3 Å². The number of alkyl halides is 3. The summed E-state index contributed by atoms with van der Waals surface area (Å²) in [6.07, 6.45) is 4.24. The molecule has 7 nitrogen and oxygen atoms in total. The number of hydrogen-bond donors (Lipinski definition) is 1. The predicted molar refractivity (Wildman–Crippen MR) is 120 cm³/mol. The number of rotatable bonds is 5. The fourth-order valence-corrected chi connectivity index (χ4v) is 5.26. The van der Waals surface area contributed by atoms with Gasteiger partial charge in [0.1, 0.15) is 11.5 Å². The number of aryl methyl sites for hydroxylation is 1. The molecular formula is C25H25F3N4O3. The van der Waals surface area contributed by atoms with Crippen molar-refractivity contribution in [2.45, 2.75) is 56.5 Å². The maximum atomic E-state index is 12.6. The standard InChI is InChI=1S/C25H25F3N4O3/c26-25(27,28)34-20-9-10-21(30-14-20)17-13-31-32(15-17)19-7-5-18(6-8-19)24(23(29)33)12-11-16-3-1-2-4-22(16)35-24/h1-4,9-10,13-15,18-19H,5-8,11-12H2,(H2,29,33). The summed E-state index contributed by atoms with van der Waals surface area (Å²) in [6, 6.07) is 10.6. The molecule has 1 aliphatic heterocycles. The highest BCUT2D eigenvalue weighted by Crippen LogP contribution is 2.45. The van der Waals surface area contributed by atoms with Gasteiger partial charge >= 0.3 is 6.36 Å². The first kappa shape index (κ1) is 23.2. The summed E-state index contributed by atoms with van der Waals surface area (Å²) in [7, 11) is 0. The Labute approximate surface area is 200 Å². The second-order valence-corrected chi connectivity index (χ2v) is 9.10. The number of hydrogen-bond acceptors (Lipinski definition) is 5. The average Bonchev–Trinajstić information content (AvgIpc) is 3.33. The second-order valence-electron chi connectivity index (χ2n) is 9.10. The molecule has 0 radical (unpaired) electrons. The second kappa shape index (κ2) is 8.90. The largest absolute Gasteiger partial charge is 0.573 e. The molecular weight excluding hydrogens is 461 g/mol. The lowest BCUT2D eigenvalue weighted by Crippen LogP contribution is -2.57. The van der Waals surface area contributed by atoms with Crippen molar-refractivity contribution < 1.29 is 27.4 Å². The van der Waals surface area contributed by atoms with Crippen molar-refractivity contribution in [3.05, 3.63) is 60.6 Å². The third-order valence-electron chi connectivity index (χ3n) is 7.04. The Morgan fingerprint density at radius 1 is 1.11 bits per heavy atom. The third-order valence-corrected chi connectivity index (χ3v) is 7.04. The Morgan fingerprint density at radius 2 is 1.89 bits per heavy atom. The lowest BCUT2D eigenvalue weighted by Gasteiger charge is -2.44. The summed E-state index contributed by atoms with van der Waals surface area (Å²) in [5.74, 6) is -0.0400. The van der Waals surface area contributed by atoms with E-state index >= 15 is 0 Å². The van der Waals surface area contributed by atoms with Crippen LogP contribution in [-0.2, 0) is 11.2 Å². The van der Waals surface area contributed by atoms with Gasteiger partial charge in [-0.3, -0.25) is 14.5 Å². The molecule has 1 saturated carbocycles. The average molecular weight is 486 g/mol. The van der Waals surface area contributed by atoms with Crippen molar-refractivity contribution in [1.29, 1.82) is 0 Å². The molecule has 2 aromatic heterocycles. The van der Waals surface area contributed by atoms with Crippen LogP contribution in [0, 0.1) is 5.92 Å². The van der Waals surface area contributed by atoms with Gasteiger partial charge in [-0.1, -0.05) is 18.2 Å². The van der Waals surface area contributed by atoms with E-state index in [0.29, 0.717) is 17.7 Å². The van der Waals surface area contributed by atoms with Crippen LogP contribution in [0.15, 0.2) is 55.0 Å². The quantitative estimate of drug-likeness (QED) is 0.558. The van der Waals surface area contributed by atoms with E-state index < -0.39 is 17.9 Å². The Morgan fingerprint density at radius 3 is 2.57 bits per heavy atom. The first-order valence-electron chi connectivity index (χ1n) is 11.6. The number of pyridine rings is 1. The molecule has 1 aliphatic carbocycles. The zero-order valence-electron chi connectivity index (χ0n) is 18.9. The molecule has 1 atom stereocenters. The number of benzene rings is 1. The lowest BCUT2D eigenvalue weighted by molar-refractivity contribution is -0.274. The van der Waals surface area contributed by atoms with E-state index in [1.54, 1.807) is 6.20 Å². The van der Waals surface area contributed by atoms with Crippen molar-refractivity contribution in [2.75, 3.05) is 0 Å². The molecule has 1 unspecified atom stereocenters. The topological polar surface area (TPSA) is 92.3 Å². The molecule has 10 heteroatoms. The van der Waals surface area contributed by atoms with E-state index in [2.05, 4.69) is 14.8 Å². The normalized spacial score (nSPS) is 24.3. The summed E-state index contributed by atoms with van der Waals surface area (Å²) in [5, 5.41) is 4.46. The first-order chi connectivity index (χ1) is 16.7. The van der Waals surface area contributed by atoms with E-state index in [4.69, 9.17) is 10.5 Å². The lowest BCUT2D eigenvalue weighted by atomic mass is 9.71. The number of para-hydroxylation sites is 1. The molecule has 1 aromatic carbocycles. The van der Waals surface area contributed by atoms with Gasteiger partial charge in [0, 0.05) is 24.1 Å². The van der Waals surface area contributed by atoms with Gasteiger partial charge in [-0.25, -0.2) is 0 Å². The number of carbonyl (C=O) groups excluding carboxylic acids is 1. The molecule has 2 N–H and O–H groups in total. The zero-order chi connectivity index (χ0) is 24.6. The van der Waals surface area contributed by atoms with Gasteiger partial charge in [-0.05, 0) is 55.9 Å². The highest BCUT2D eigenvalue weighted by molar-refractivity contribution is 5.84. The van der Waals surface area contributed by atoms with Crippen LogP contribution < -0.4 is 15.2 Å². The Balaban J connectivity index is 1.25. The number of amides is 1. The van der Waals surface area contributed by atoms with Crippen LogP contribution in [0.5, 0.6) is 11.5 Å². The van der Waals surface area contributed by atoms with Crippen molar-refractivity contribution in [3.8, 4) is 22.8 Å². The molecule has 3 aromatic rings. The molecule has 3 heterocycles. The SMILES string of the molecule is NC(=O)C1(C2CCC(n3cc(-c4ccc(OC(F)(F)F)cn4)cn3)CC2)CCc2ccccc2O1. The van der Waals surface area contributed by atoms with Crippen molar-refractivity contribution >= 4 is 5.91 Å². The Hall–Kier alpha value is -3.56. The molecule has 1 amide bonds. The van der Waals surface area contributed by atoms with E-state index in [1.807, 2.05) is 35.1 Å². The number of nitrogens with zero attached hydrogens (tertiary/aromatic N) is 3. The van der Waals surface area contributed by atoms with Gasteiger partial charge in [-0.2, -0.15) is 5.10 Å². The molecule has 184 valence electrons. The summed E-state index contributed by atoms with van der Waals surface area (Å²) in [5.41, 5.74) is 7.18. The predicted octanol–water partition coefficient (Wildman–Crippen LogP) is 4.82. The van der Waals surface area contributed by atoms with Crippen LogP contribution in [0.1, 0.15) is 43.7 Å². The van der Waals surface area contributed by atoms with Crippen molar-refractivity contribution in [3.63, 3.8) is 0 Å². The van der Waals surface area contributed by atoms with E-state index in [9.17, 15) is 18.0 Å². The third kappa shape index (κ3) is 4.69. The molecule has 35 heavy (non-hydrogen) atoms. The number of primary amides is 1. The number of carbonyl (C=O) groups is 1. The van der Waals surface area contributed by atoms with Gasteiger partial charge in [-0.15, -0.1) is 13.2 Å². The molecule has 1 fully saturated rings. The van der Waals surface area contributed by atoms with Gasteiger partial charge in [0.15, 0.2) is 5.60 Å². The number of halogens is 3. The van der Waals surface area contributed by atoms with Crippen LogP contribution in [-0.4, -0.2) is 32.6 Å². The minimum atomic E-state index is -4.76. The van der Waals surface area contributed by atoms with Crippen LogP contribution in [0.3, 0.4) is 0 Å². The summed E-state index contributed by atoms with van der Waals surface area (Å²) in [4.78, 5) is 16.7. The molecule has 0 saturated heterocycles. The van der Waals surface area contributed by atoms with Crippen LogP contribution in [0.2, 0.25) is 0 Å². The monoisotopic (exact) mass is 486 g/mol. The van der Waals surface area contributed by atoms with Gasteiger partial charge in [0.2, 0.25) is 0 Å². The maximum absolute atomic E-state index is 12.6.